The average Bonchev–Trinajstić information content (AvgIpc) is 3.22. The van der Waals surface area contributed by atoms with Gasteiger partial charge in [0.15, 0.2) is 0 Å². The van der Waals surface area contributed by atoms with Crippen LogP contribution in [0.25, 0.3) is 0 Å². The zero-order valence-corrected chi connectivity index (χ0v) is 11.9. The Morgan fingerprint density at radius 2 is 1.90 bits per heavy atom. The van der Waals surface area contributed by atoms with Crippen molar-refractivity contribution in [3.05, 3.63) is 35.4 Å². The van der Waals surface area contributed by atoms with E-state index in [9.17, 15) is 8.78 Å². The van der Waals surface area contributed by atoms with E-state index in [0.29, 0.717) is 6.04 Å². The Kier molecular flexibility index (Phi) is 4.03. The molecule has 0 bridgehead atoms. The third-order valence-corrected chi connectivity index (χ3v) is 4.55. The molecule has 0 spiro atoms. The number of rotatable bonds is 4. The van der Waals surface area contributed by atoms with Crippen LogP contribution in [-0.2, 0) is 0 Å². The summed E-state index contributed by atoms with van der Waals surface area (Å²) in [6.07, 6.45) is 4.60. The van der Waals surface area contributed by atoms with Crippen LogP contribution in [0.5, 0.6) is 0 Å². The molecule has 1 N–H and O–H groups in total. The average molecular weight is 280 g/mol. The molecule has 110 valence electrons. The van der Waals surface area contributed by atoms with Crippen LogP contribution in [0.1, 0.15) is 37.3 Å². The van der Waals surface area contributed by atoms with Crippen molar-refractivity contribution in [2.24, 2.45) is 5.92 Å². The Bertz CT molecular complexity index is 453. The molecule has 2 aliphatic rings. The molecule has 1 heterocycles. The molecule has 0 amide bonds. The fraction of sp³-hybridized carbons (Fsp3) is 0.625. The molecule has 1 aromatic rings. The topological polar surface area (TPSA) is 15.3 Å². The summed E-state index contributed by atoms with van der Waals surface area (Å²) in [5.41, 5.74) is 0.247. The van der Waals surface area contributed by atoms with Gasteiger partial charge in [0.1, 0.15) is 11.6 Å². The molecule has 2 nitrogen and oxygen atoms in total. The summed E-state index contributed by atoms with van der Waals surface area (Å²) in [4.78, 5) is 2.10. The normalized spacial score (nSPS) is 27.8. The Morgan fingerprint density at radius 1 is 1.20 bits per heavy atom. The van der Waals surface area contributed by atoms with Crippen LogP contribution >= 0.6 is 0 Å². The van der Waals surface area contributed by atoms with E-state index in [1.165, 1.54) is 31.0 Å². The van der Waals surface area contributed by atoms with Crippen molar-refractivity contribution in [1.82, 2.24) is 10.2 Å². The van der Waals surface area contributed by atoms with Crippen LogP contribution < -0.4 is 5.32 Å². The molecule has 0 aromatic heterocycles. The largest absolute Gasteiger partial charge is 0.314 e. The van der Waals surface area contributed by atoms with E-state index in [4.69, 9.17) is 0 Å². The number of likely N-dealkylation sites (tertiary alicyclic amines) is 1. The Labute approximate surface area is 119 Å². The molecular weight excluding hydrogens is 258 g/mol. The van der Waals surface area contributed by atoms with Crippen molar-refractivity contribution in [1.29, 1.82) is 0 Å². The van der Waals surface area contributed by atoms with Gasteiger partial charge in [0.25, 0.3) is 0 Å². The standard InChI is InChI=1S/C16H22F2N2/c1-20-9-3-4-11(10-19-12-7-8-12)16(20)15-13(17)5-2-6-14(15)18/h2,5-6,11-12,16,19H,3-4,7-10H2,1H3. The number of benzene rings is 1. The van der Waals surface area contributed by atoms with E-state index in [-0.39, 0.29) is 17.5 Å². The number of nitrogens with one attached hydrogen (secondary N) is 1. The first-order valence-corrected chi connectivity index (χ1v) is 7.54. The van der Waals surface area contributed by atoms with E-state index in [1.54, 1.807) is 0 Å². The Balaban J connectivity index is 1.84. The first kappa shape index (κ1) is 14.0. The summed E-state index contributed by atoms with van der Waals surface area (Å²) in [7, 11) is 1.97. The zero-order valence-electron chi connectivity index (χ0n) is 11.9. The summed E-state index contributed by atoms with van der Waals surface area (Å²) >= 11 is 0. The molecule has 2 fully saturated rings. The number of hydrogen-bond donors (Lipinski definition) is 1. The summed E-state index contributed by atoms with van der Waals surface area (Å²) < 4.78 is 28.2. The van der Waals surface area contributed by atoms with Crippen LogP contribution in [0.4, 0.5) is 8.78 Å². The Hall–Kier alpha value is -1.00. The number of hydrogen-bond acceptors (Lipinski definition) is 2. The van der Waals surface area contributed by atoms with Crippen LogP contribution in [0.2, 0.25) is 0 Å². The quantitative estimate of drug-likeness (QED) is 0.911. The summed E-state index contributed by atoms with van der Waals surface area (Å²) in [6, 6.07) is 4.65. The van der Waals surface area contributed by atoms with Crippen LogP contribution in [0, 0.1) is 17.6 Å². The lowest BCUT2D eigenvalue weighted by molar-refractivity contribution is 0.113. The molecule has 1 aliphatic carbocycles. The molecule has 20 heavy (non-hydrogen) atoms. The van der Waals surface area contributed by atoms with Gasteiger partial charge in [-0.3, -0.25) is 4.90 Å². The van der Waals surface area contributed by atoms with Gasteiger partial charge in [-0.2, -0.15) is 0 Å². The molecule has 1 saturated carbocycles. The van der Waals surface area contributed by atoms with Crippen molar-refractivity contribution in [2.45, 2.75) is 37.8 Å². The zero-order chi connectivity index (χ0) is 14.1. The van der Waals surface area contributed by atoms with Crippen molar-refractivity contribution < 1.29 is 8.78 Å². The number of halogens is 2. The smallest absolute Gasteiger partial charge is 0.130 e. The van der Waals surface area contributed by atoms with E-state index < -0.39 is 11.6 Å². The van der Waals surface area contributed by atoms with Gasteiger partial charge in [-0.25, -0.2) is 8.78 Å². The van der Waals surface area contributed by atoms with Gasteiger partial charge in [0.05, 0.1) is 0 Å². The molecule has 0 radical (unpaired) electrons. The maximum absolute atomic E-state index is 14.1. The van der Waals surface area contributed by atoms with E-state index in [0.717, 1.165) is 25.9 Å². The van der Waals surface area contributed by atoms with Crippen LogP contribution in [0.3, 0.4) is 0 Å². The second kappa shape index (κ2) is 5.78. The molecule has 1 aliphatic heterocycles. The maximum atomic E-state index is 14.1. The fourth-order valence-corrected chi connectivity index (χ4v) is 3.33. The minimum Gasteiger partial charge on any atom is -0.314 e. The lowest BCUT2D eigenvalue weighted by atomic mass is 9.84. The summed E-state index contributed by atoms with van der Waals surface area (Å²) in [5.74, 6) is -0.555. The molecule has 2 unspecified atom stereocenters. The Morgan fingerprint density at radius 3 is 2.55 bits per heavy atom. The van der Waals surface area contributed by atoms with Crippen molar-refractivity contribution in [3.8, 4) is 0 Å². The molecule has 4 heteroatoms. The molecule has 2 atom stereocenters. The van der Waals surface area contributed by atoms with Gasteiger partial charge in [-0.05, 0) is 57.3 Å². The second-order valence-electron chi connectivity index (χ2n) is 6.15. The second-order valence-corrected chi connectivity index (χ2v) is 6.15. The lowest BCUT2D eigenvalue weighted by Crippen LogP contribution is -2.41. The molecule has 1 aromatic carbocycles. The number of piperidine rings is 1. The SMILES string of the molecule is CN1CCCC(CNC2CC2)C1c1c(F)cccc1F. The highest BCUT2D eigenvalue weighted by molar-refractivity contribution is 5.25. The highest BCUT2D eigenvalue weighted by Crippen LogP contribution is 2.37. The van der Waals surface area contributed by atoms with Gasteiger partial charge in [0, 0.05) is 24.2 Å². The third kappa shape index (κ3) is 2.86. The highest BCUT2D eigenvalue weighted by atomic mass is 19.1. The molecule has 1 saturated heterocycles. The first-order valence-electron chi connectivity index (χ1n) is 7.54. The van der Waals surface area contributed by atoms with E-state index in [1.807, 2.05) is 7.05 Å². The van der Waals surface area contributed by atoms with Gasteiger partial charge in [-0.15, -0.1) is 0 Å². The van der Waals surface area contributed by atoms with Crippen LogP contribution in [-0.4, -0.2) is 31.1 Å². The predicted octanol–water partition coefficient (Wildman–Crippen LogP) is 3.10. The van der Waals surface area contributed by atoms with Crippen molar-refractivity contribution >= 4 is 0 Å². The monoisotopic (exact) mass is 280 g/mol. The van der Waals surface area contributed by atoms with Gasteiger partial charge in [0.2, 0.25) is 0 Å². The first-order chi connectivity index (χ1) is 9.66. The van der Waals surface area contributed by atoms with Gasteiger partial charge >= 0.3 is 0 Å². The summed E-state index contributed by atoms with van der Waals surface area (Å²) in [5, 5.41) is 3.51. The lowest BCUT2D eigenvalue weighted by Gasteiger charge is -2.40. The van der Waals surface area contributed by atoms with Crippen LogP contribution in [0.15, 0.2) is 18.2 Å². The molecular formula is C16H22F2N2. The van der Waals surface area contributed by atoms with Crippen molar-refractivity contribution in [2.75, 3.05) is 20.1 Å². The predicted molar refractivity (Wildman–Crippen MR) is 75.5 cm³/mol. The van der Waals surface area contributed by atoms with Gasteiger partial charge in [-0.1, -0.05) is 6.07 Å². The minimum absolute atomic E-state index is 0.156. The highest BCUT2D eigenvalue weighted by Gasteiger charge is 2.35. The van der Waals surface area contributed by atoms with Crippen molar-refractivity contribution in [3.63, 3.8) is 0 Å². The van der Waals surface area contributed by atoms with E-state index in [2.05, 4.69) is 10.2 Å². The van der Waals surface area contributed by atoms with Gasteiger partial charge < -0.3 is 5.32 Å². The third-order valence-electron chi connectivity index (χ3n) is 4.55. The number of nitrogens with zero attached hydrogens (tertiary/aromatic N) is 1. The fourth-order valence-electron chi connectivity index (χ4n) is 3.33. The maximum Gasteiger partial charge on any atom is 0.130 e. The minimum atomic E-state index is -0.417. The molecule has 3 rings (SSSR count). The summed E-state index contributed by atoms with van der Waals surface area (Å²) in [6.45, 7) is 1.76. The van der Waals surface area contributed by atoms with E-state index >= 15 is 0 Å².